The molecule has 4 heterocycles. The molecule has 3 aromatic rings. The summed E-state index contributed by atoms with van der Waals surface area (Å²) in [5, 5.41) is 4.57. The van der Waals surface area contributed by atoms with E-state index in [4.69, 9.17) is 0 Å². The zero-order valence-electron chi connectivity index (χ0n) is 15.5. The molecular weight excluding hydrogens is 362 g/mol. The van der Waals surface area contributed by atoms with Gasteiger partial charge < -0.3 is 9.88 Å². The van der Waals surface area contributed by atoms with Crippen LogP contribution in [0.1, 0.15) is 47.2 Å². The van der Waals surface area contributed by atoms with Crippen molar-refractivity contribution in [2.45, 2.75) is 31.8 Å². The molecule has 8 heteroatoms. The second kappa shape index (κ2) is 7.28. The van der Waals surface area contributed by atoms with Crippen molar-refractivity contribution >= 4 is 22.2 Å². The lowest BCUT2D eigenvalue weighted by atomic mass is 9.99. The summed E-state index contributed by atoms with van der Waals surface area (Å²) >= 11 is 1.47. The highest BCUT2D eigenvalue weighted by atomic mass is 32.1. The number of nitrogens with zero attached hydrogens (tertiary/aromatic N) is 4. The first-order chi connectivity index (χ1) is 13.1. The van der Waals surface area contributed by atoms with Crippen LogP contribution in [-0.4, -0.2) is 38.4 Å². The molecular formula is C19H23N5O2S. The first-order valence-corrected chi connectivity index (χ1v) is 10.0. The Kier molecular flexibility index (Phi) is 4.84. The van der Waals surface area contributed by atoms with E-state index in [1.165, 1.54) is 11.3 Å². The number of piperidine rings is 1. The maximum absolute atomic E-state index is 12.3. The molecule has 0 saturated carbocycles. The van der Waals surface area contributed by atoms with E-state index < -0.39 is 0 Å². The van der Waals surface area contributed by atoms with Crippen molar-refractivity contribution in [3.05, 3.63) is 57.2 Å². The van der Waals surface area contributed by atoms with Crippen LogP contribution >= 0.6 is 11.3 Å². The van der Waals surface area contributed by atoms with Crippen molar-refractivity contribution < 1.29 is 4.79 Å². The summed E-state index contributed by atoms with van der Waals surface area (Å²) in [6, 6.07) is 5.76. The van der Waals surface area contributed by atoms with Gasteiger partial charge in [0.25, 0.3) is 11.5 Å². The van der Waals surface area contributed by atoms with Gasteiger partial charge in [0.15, 0.2) is 4.96 Å². The summed E-state index contributed by atoms with van der Waals surface area (Å²) < 4.78 is 3.56. The van der Waals surface area contributed by atoms with Crippen LogP contribution in [0.3, 0.4) is 0 Å². The van der Waals surface area contributed by atoms with Crippen molar-refractivity contribution in [3.8, 4) is 0 Å². The summed E-state index contributed by atoms with van der Waals surface area (Å²) in [5.41, 5.74) is 2.55. The summed E-state index contributed by atoms with van der Waals surface area (Å²) in [7, 11) is 3.59. The van der Waals surface area contributed by atoms with Gasteiger partial charge in [0.1, 0.15) is 5.69 Å². The highest BCUT2D eigenvalue weighted by molar-refractivity contribution is 7.15. The van der Waals surface area contributed by atoms with Crippen LogP contribution in [-0.2, 0) is 13.6 Å². The molecule has 4 rings (SSSR count). The number of fused-ring (bicyclic) bond motifs is 1. The normalized spacial score (nSPS) is 18.1. The number of likely N-dealkylation sites (tertiary alicyclic amines) is 1. The molecule has 1 fully saturated rings. The Balaban J connectivity index is 1.63. The molecule has 0 spiro atoms. The minimum Gasteiger partial charge on any atom is -0.354 e. The van der Waals surface area contributed by atoms with Crippen LogP contribution in [0, 0.1) is 0 Å². The monoisotopic (exact) mass is 385 g/mol. The third kappa shape index (κ3) is 3.30. The van der Waals surface area contributed by atoms with Gasteiger partial charge in [0, 0.05) is 44.0 Å². The molecule has 1 aliphatic rings. The molecule has 0 radical (unpaired) electrons. The van der Waals surface area contributed by atoms with Gasteiger partial charge in [-0.1, -0.05) is 6.42 Å². The molecule has 0 aromatic carbocycles. The van der Waals surface area contributed by atoms with Gasteiger partial charge in [-0.05, 0) is 31.5 Å². The quantitative estimate of drug-likeness (QED) is 0.747. The van der Waals surface area contributed by atoms with Crippen molar-refractivity contribution in [1.29, 1.82) is 0 Å². The van der Waals surface area contributed by atoms with Gasteiger partial charge in [-0.15, -0.1) is 11.3 Å². The SMILES string of the molecule is CNC(=O)c1ccc(C2CCCCN2Cc2cc(=O)n3ccsc3n2)n1C. The molecule has 1 atom stereocenters. The number of carbonyl (C=O) groups is 1. The average molecular weight is 385 g/mol. The molecule has 0 aliphatic carbocycles. The lowest BCUT2D eigenvalue weighted by Gasteiger charge is -2.36. The Morgan fingerprint density at radius 1 is 1.37 bits per heavy atom. The maximum Gasteiger partial charge on any atom is 0.267 e. The molecule has 1 amide bonds. The van der Waals surface area contributed by atoms with E-state index in [1.54, 1.807) is 23.7 Å². The Labute approximate surface area is 161 Å². The topological polar surface area (TPSA) is 71.6 Å². The fourth-order valence-corrected chi connectivity index (χ4v) is 4.65. The minimum absolute atomic E-state index is 0.0365. The van der Waals surface area contributed by atoms with E-state index in [-0.39, 0.29) is 17.5 Å². The molecule has 1 N–H and O–H groups in total. The van der Waals surface area contributed by atoms with E-state index >= 15 is 0 Å². The third-order valence-electron chi connectivity index (χ3n) is 5.30. The molecule has 1 aliphatic heterocycles. The van der Waals surface area contributed by atoms with Crippen LogP contribution in [0.4, 0.5) is 0 Å². The number of carbonyl (C=O) groups excluding carboxylic acids is 1. The molecule has 27 heavy (non-hydrogen) atoms. The maximum atomic E-state index is 12.3. The van der Waals surface area contributed by atoms with Crippen LogP contribution < -0.4 is 10.9 Å². The lowest BCUT2D eigenvalue weighted by molar-refractivity contribution is 0.0952. The Hall–Kier alpha value is -2.45. The summed E-state index contributed by atoms with van der Waals surface area (Å²) in [5.74, 6) is -0.0797. The standard InChI is InChI=1S/C19H23N5O2S/c1-20-18(26)16-7-6-14(22(16)2)15-5-3-4-8-23(15)12-13-11-17(25)24-9-10-27-19(24)21-13/h6-7,9-11,15H,3-5,8,12H2,1-2H3,(H,20,26). The first-order valence-electron chi connectivity index (χ1n) is 9.16. The van der Waals surface area contributed by atoms with E-state index in [0.717, 1.165) is 42.2 Å². The smallest absolute Gasteiger partial charge is 0.267 e. The number of amides is 1. The number of hydrogen-bond acceptors (Lipinski definition) is 5. The number of aromatic nitrogens is 3. The Morgan fingerprint density at radius 3 is 3.04 bits per heavy atom. The van der Waals surface area contributed by atoms with Crippen molar-refractivity contribution in [2.75, 3.05) is 13.6 Å². The molecule has 7 nitrogen and oxygen atoms in total. The number of thiazole rings is 1. The lowest BCUT2D eigenvalue weighted by Crippen LogP contribution is -2.35. The summed E-state index contributed by atoms with van der Waals surface area (Å²) in [6.07, 6.45) is 5.07. The van der Waals surface area contributed by atoms with Crippen molar-refractivity contribution in [2.24, 2.45) is 7.05 Å². The fourth-order valence-electron chi connectivity index (χ4n) is 3.91. The minimum atomic E-state index is -0.0797. The van der Waals surface area contributed by atoms with E-state index in [0.29, 0.717) is 12.2 Å². The van der Waals surface area contributed by atoms with Gasteiger partial charge in [0.2, 0.25) is 0 Å². The van der Waals surface area contributed by atoms with E-state index in [1.807, 2.05) is 29.1 Å². The highest BCUT2D eigenvalue weighted by Crippen LogP contribution is 2.32. The number of hydrogen-bond donors (Lipinski definition) is 1. The van der Waals surface area contributed by atoms with Gasteiger partial charge in [0.05, 0.1) is 11.7 Å². The average Bonchev–Trinajstić information content (AvgIpc) is 3.28. The number of rotatable bonds is 4. The second-order valence-corrected chi connectivity index (χ2v) is 7.78. The van der Waals surface area contributed by atoms with Gasteiger partial charge >= 0.3 is 0 Å². The fraction of sp³-hybridized carbons (Fsp3) is 0.421. The third-order valence-corrected chi connectivity index (χ3v) is 6.05. The molecule has 3 aromatic heterocycles. The Bertz CT molecular complexity index is 1030. The zero-order chi connectivity index (χ0) is 19.0. The molecule has 1 unspecified atom stereocenters. The van der Waals surface area contributed by atoms with Gasteiger partial charge in [-0.2, -0.15) is 0 Å². The predicted molar refractivity (Wildman–Crippen MR) is 105 cm³/mol. The van der Waals surface area contributed by atoms with E-state index in [2.05, 4.69) is 15.2 Å². The predicted octanol–water partition coefficient (Wildman–Crippen LogP) is 2.18. The highest BCUT2D eigenvalue weighted by Gasteiger charge is 2.27. The molecule has 0 bridgehead atoms. The van der Waals surface area contributed by atoms with Crippen LogP contribution in [0.25, 0.3) is 4.96 Å². The van der Waals surface area contributed by atoms with Crippen LogP contribution in [0.15, 0.2) is 34.6 Å². The van der Waals surface area contributed by atoms with Gasteiger partial charge in [-0.25, -0.2) is 4.98 Å². The summed E-state index contributed by atoms with van der Waals surface area (Å²) in [4.78, 5) is 32.1. The van der Waals surface area contributed by atoms with Gasteiger partial charge in [-0.3, -0.25) is 18.9 Å². The largest absolute Gasteiger partial charge is 0.354 e. The zero-order valence-corrected chi connectivity index (χ0v) is 16.3. The van der Waals surface area contributed by atoms with Crippen molar-refractivity contribution in [1.82, 2.24) is 24.2 Å². The van der Waals surface area contributed by atoms with E-state index in [9.17, 15) is 9.59 Å². The van der Waals surface area contributed by atoms with Crippen molar-refractivity contribution in [3.63, 3.8) is 0 Å². The molecule has 142 valence electrons. The Morgan fingerprint density at radius 2 is 2.22 bits per heavy atom. The summed E-state index contributed by atoms with van der Waals surface area (Å²) in [6.45, 7) is 1.59. The number of nitrogens with one attached hydrogen (secondary N) is 1. The second-order valence-electron chi connectivity index (χ2n) is 6.90. The molecule has 1 saturated heterocycles. The van der Waals surface area contributed by atoms with Crippen LogP contribution in [0.5, 0.6) is 0 Å². The van der Waals surface area contributed by atoms with Crippen LogP contribution in [0.2, 0.25) is 0 Å². The first kappa shape index (κ1) is 17.9.